The molecule has 0 saturated carbocycles. The molecule has 2 nitrogen and oxygen atoms in total. The zero-order valence-corrected chi connectivity index (χ0v) is 11.5. The molecule has 17 heavy (non-hydrogen) atoms. The van der Waals surface area contributed by atoms with Gasteiger partial charge in [0.05, 0.1) is 18.3 Å². The van der Waals surface area contributed by atoms with Crippen LogP contribution in [-0.2, 0) is 0 Å². The van der Waals surface area contributed by atoms with Crippen LogP contribution in [0.5, 0.6) is 5.75 Å². The highest BCUT2D eigenvalue weighted by molar-refractivity contribution is 7.10. The first-order valence-electron chi connectivity index (χ1n) is 5.72. The molecule has 0 unspecified atom stereocenters. The van der Waals surface area contributed by atoms with Crippen molar-refractivity contribution in [2.45, 2.75) is 26.7 Å². The average molecular weight is 247 g/mol. The second-order valence-electron chi connectivity index (χ2n) is 4.37. The maximum atomic E-state index is 5.42. The monoisotopic (exact) mass is 247 g/mol. The van der Waals surface area contributed by atoms with E-state index in [1.165, 1.54) is 10.4 Å². The fourth-order valence-electron chi connectivity index (χ4n) is 1.83. The van der Waals surface area contributed by atoms with Crippen LogP contribution >= 0.6 is 11.3 Å². The predicted molar refractivity (Wildman–Crippen MR) is 72.9 cm³/mol. The lowest BCUT2D eigenvalue weighted by Crippen LogP contribution is -1.93. The van der Waals surface area contributed by atoms with Gasteiger partial charge in [0, 0.05) is 10.4 Å². The zero-order valence-electron chi connectivity index (χ0n) is 10.7. The first-order chi connectivity index (χ1) is 8.13. The molecule has 1 aromatic carbocycles. The van der Waals surface area contributed by atoms with Gasteiger partial charge in [0.1, 0.15) is 5.75 Å². The Labute approximate surface area is 106 Å². The summed E-state index contributed by atoms with van der Waals surface area (Å²) in [5, 5.41) is 0. The average Bonchev–Trinajstić information content (AvgIpc) is 2.74. The van der Waals surface area contributed by atoms with Crippen molar-refractivity contribution in [3.8, 4) is 17.0 Å². The molecule has 2 rings (SSSR count). The number of rotatable bonds is 3. The molecular formula is C14H17NOS. The van der Waals surface area contributed by atoms with Crippen LogP contribution in [0.15, 0.2) is 23.7 Å². The van der Waals surface area contributed by atoms with Crippen LogP contribution in [0.2, 0.25) is 0 Å². The van der Waals surface area contributed by atoms with Gasteiger partial charge in [-0.05, 0) is 30.5 Å². The maximum absolute atomic E-state index is 5.42. The molecule has 0 spiro atoms. The Morgan fingerprint density at radius 3 is 2.59 bits per heavy atom. The lowest BCUT2D eigenvalue weighted by molar-refractivity contribution is 0.416. The highest BCUT2D eigenvalue weighted by Crippen LogP contribution is 2.34. The summed E-state index contributed by atoms with van der Waals surface area (Å²) >= 11 is 1.67. The van der Waals surface area contributed by atoms with Crippen LogP contribution in [-0.4, -0.2) is 12.1 Å². The number of methoxy groups -OCH3 is 1. The van der Waals surface area contributed by atoms with Crippen molar-refractivity contribution in [2.24, 2.45) is 0 Å². The van der Waals surface area contributed by atoms with Crippen LogP contribution in [0.3, 0.4) is 0 Å². The Balaban J connectivity index is 2.57. The van der Waals surface area contributed by atoms with Crippen molar-refractivity contribution >= 4 is 11.3 Å². The van der Waals surface area contributed by atoms with Crippen molar-refractivity contribution in [1.82, 2.24) is 4.98 Å². The molecule has 0 amide bonds. The molecule has 2 aromatic rings. The molecule has 0 bridgehead atoms. The minimum absolute atomic E-state index is 0.513. The zero-order chi connectivity index (χ0) is 12.4. The second kappa shape index (κ2) is 4.88. The summed E-state index contributed by atoms with van der Waals surface area (Å²) in [6.07, 6.45) is 0. The summed E-state index contributed by atoms with van der Waals surface area (Å²) < 4.78 is 5.42. The van der Waals surface area contributed by atoms with E-state index < -0.39 is 0 Å². The fourth-order valence-corrected chi connectivity index (χ4v) is 2.42. The Kier molecular flexibility index (Phi) is 3.48. The molecule has 90 valence electrons. The Hall–Kier alpha value is -1.35. The number of aromatic nitrogens is 1. The van der Waals surface area contributed by atoms with E-state index in [0.717, 1.165) is 17.0 Å². The van der Waals surface area contributed by atoms with Gasteiger partial charge < -0.3 is 4.74 Å². The van der Waals surface area contributed by atoms with Gasteiger partial charge >= 0.3 is 0 Å². The lowest BCUT2D eigenvalue weighted by Gasteiger charge is -2.12. The van der Waals surface area contributed by atoms with Crippen molar-refractivity contribution in [3.63, 3.8) is 0 Å². The van der Waals surface area contributed by atoms with E-state index in [4.69, 9.17) is 4.74 Å². The van der Waals surface area contributed by atoms with Crippen LogP contribution in [0.4, 0.5) is 0 Å². The summed E-state index contributed by atoms with van der Waals surface area (Å²) in [6.45, 7) is 6.48. The Morgan fingerprint density at radius 1 is 1.29 bits per heavy atom. The van der Waals surface area contributed by atoms with Crippen molar-refractivity contribution in [2.75, 3.05) is 7.11 Å². The quantitative estimate of drug-likeness (QED) is 0.809. The third kappa shape index (κ3) is 2.34. The van der Waals surface area contributed by atoms with Crippen molar-refractivity contribution < 1.29 is 4.74 Å². The van der Waals surface area contributed by atoms with Gasteiger partial charge in [-0.25, -0.2) is 4.98 Å². The van der Waals surface area contributed by atoms with Crippen molar-refractivity contribution in [1.29, 1.82) is 0 Å². The topological polar surface area (TPSA) is 22.1 Å². The Morgan fingerprint density at radius 2 is 2.06 bits per heavy atom. The van der Waals surface area contributed by atoms with E-state index in [1.807, 2.05) is 11.6 Å². The molecule has 0 atom stereocenters. The SMILES string of the molecule is COc1ccc(C(C)C)cc1-c1ncsc1C. The molecule has 3 heteroatoms. The molecule has 0 saturated heterocycles. The highest BCUT2D eigenvalue weighted by Gasteiger charge is 2.12. The standard InChI is InChI=1S/C14H17NOS/c1-9(2)11-5-6-13(16-4)12(7-11)14-10(3)17-8-15-14/h5-9H,1-4H3. The molecule has 1 heterocycles. The smallest absolute Gasteiger partial charge is 0.128 e. The number of hydrogen-bond acceptors (Lipinski definition) is 3. The molecular weight excluding hydrogens is 230 g/mol. The van der Waals surface area contributed by atoms with Gasteiger partial charge in [-0.15, -0.1) is 11.3 Å². The van der Waals surface area contributed by atoms with Crippen LogP contribution in [0, 0.1) is 6.92 Å². The van der Waals surface area contributed by atoms with E-state index in [2.05, 4.69) is 37.9 Å². The predicted octanol–water partition coefficient (Wildman–Crippen LogP) is 4.25. The largest absolute Gasteiger partial charge is 0.496 e. The minimum Gasteiger partial charge on any atom is -0.496 e. The fraction of sp³-hybridized carbons (Fsp3) is 0.357. The van der Waals surface area contributed by atoms with Gasteiger partial charge in [0.2, 0.25) is 0 Å². The lowest BCUT2D eigenvalue weighted by atomic mass is 9.98. The maximum Gasteiger partial charge on any atom is 0.128 e. The van der Waals surface area contributed by atoms with E-state index in [1.54, 1.807) is 18.4 Å². The molecule has 0 fully saturated rings. The number of hydrogen-bond donors (Lipinski definition) is 0. The number of ether oxygens (including phenoxy) is 1. The third-order valence-corrected chi connectivity index (χ3v) is 3.65. The van der Waals surface area contributed by atoms with Crippen LogP contribution < -0.4 is 4.74 Å². The first kappa shape index (κ1) is 12.1. The van der Waals surface area contributed by atoms with Gasteiger partial charge in [0.15, 0.2) is 0 Å². The van der Waals surface area contributed by atoms with E-state index in [-0.39, 0.29) is 0 Å². The summed E-state index contributed by atoms with van der Waals surface area (Å²) in [6, 6.07) is 6.34. The number of nitrogens with zero attached hydrogens (tertiary/aromatic N) is 1. The first-order valence-corrected chi connectivity index (χ1v) is 6.60. The molecule has 0 aliphatic carbocycles. The minimum atomic E-state index is 0.513. The number of benzene rings is 1. The van der Waals surface area contributed by atoms with Gasteiger partial charge in [-0.2, -0.15) is 0 Å². The Bertz CT molecular complexity index is 517. The molecule has 0 radical (unpaired) electrons. The molecule has 0 N–H and O–H groups in total. The summed E-state index contributed by atoms with van der Waals surface area (Å²) in [5.41, 5.74) is 5.33. The molecule has 0 aliphatic heterocycles. The van der Waals surface area contributed by atoms with Gasteiger partial charge in [-0.3, -0.25) is 0 Å². The van der Waals surface area contributed by atoms with E-state index in [0.29, 0.717) is 5.92 Å². The molecule has 0 aliphatic rings. The van der Waals surface area contributed by atoms with Gasteiger partial charge in [0.25, 0.3) is 0 Å². The third-order valence-electron chi connectivity index (χ3n) is 2.89. The molecule has 1 aromatic heterocycles. The van der Waals surface area contributed by atoms with E-state index >= 15 is 0 Å². The van der Waals surface area contributed by atoms with Crippen molar-refractivity contribution in [3.05, 3.63) is 34.2 Å². The summed E-state index contributed by atoms with van der Waals surface area (Å²) in [5.74, 6) is 1.40. The summed E-state index contributed by atoms with van der Waals surface area (Å²) in [7, 11) is 1.70. The summed E-state index contributed by atoms with van der Waals surface area (Å²) in [4.78, 5) is 5.66. The van der Waals surface area contributed by atoms with Crippen LogP contribution in [0.25, 0.3) is 11.3 Å². The van der Waals surface area contributed by atoms with Gasteiger partial charge in [-0.1, -0.05) is 19.9 Å². The second-order valence-corrected chi connectivity index (χ2v) is 5.43. The normalized spacial score (nSPS) is 10.9. The number of thiazole rings is 1. The van der Waals surface area contributed by atoms with E-state index in [9.17, 15) is 0 Å². The highest BCUT2D eigenvalue weighted by atomic mass is 32.1. The van der Waals surface area contributed by atoms with Crippen LogP contribution in [0.1, 0.15) is 30.2 Å². The number of aryl methyl sites for hydroxylation is 1.